The van der Waals surface area contributed by atoms with Crippen molar-refractivity contribution in [2.45, 2.75) is 12.5 Å². The molecule has 2 atom stereocenters. The van der Waals surface area contributed by atoms with E-state index >= 15 is 0 Å². The van der Waals surface area contributed by atoms with Crippen molar-refractivity contribution in [2.24, 2.45) is 4.99 Å². The number of fused-ring (bicyclic) bond motifs is 1. The third-order valence-electron chi connectivity index (χ3n) is 4.16. The Bertz CT molecular complexity index is 754. The lowest BCUT2D eigenvalue weighted by Gasteiger charge is -2.27. The molecule has 10 heteroatoms. The number of aromatic nitrogens is 1. The van der Waals surface area contributed by atoms with Gasteiger partial charge in [0, 0.05) is 41.6 Å². The molecule has 1 aromatic rings. The lowest BCUT2D eigenvalue weighted by Crippen LogP contribution is -2.42. The highest BCUT2D eigenvalue weighted by Gasteiger charge is 2.42. The number of nitrogens with zero attached hydrogens (tertiary/aromatic N) is 5. The topological polar surface area (TPSA) is 105 Å². The minimum Gasteiger partial charge on any atom is -0.598 e. The molecule has 0 bridgehead atoms. The molecule has 2 aliphatic heterocycles. The molecule has 0 aliphatic carbocycles. The van der Waals surface area contributed by atoms with E-state index in [0.717, 1.165) is 10.7 Å². The Morgan fingerprint density at radius 1 is 1.68 bits per heavy atom. The third kappa shape index (κ3) is 3.41. The molecule has 0 N–H and O–H groups in total. The van der Waals surface area contributed by atoms with Crippen LogP contribution in [0.1, 0.15) is 11.4 Å². The Labute approximate surface area is 152 Å². The lowest BCUT2D eigenvalue weighted by molar-refractivity contribution is -0.136. The summed E-state index contributed by atoms with van der Waals surface area (Å²) < 4.78 is 18.5. The molecule has 3 rings (SSSR count). The summed E-state index contributed by atoms with van der Waals surface area (Å²) in [5, 5.41) is 11.7. The fourth-order valence-corrected chi connectivity index (χ4v) is 4.52. The molecule has 1 fully saturated rings. The summed E-state index contributed by atoms with van der Waals surface area (Å²) in [5.74, 6) is 0.297. The molecule has 2 unspecified atom stereocenters. The van der Waals surface area contributed by atoms with Crippen LogP contribution >= 0.6 is 11.3 Å². The van der Waals surface area contributed by atoms with Crippen molar-refractivity contribution < 1.29 is 14.1 Å². The van der Waals surface area contributed by atoms with Crippen LogP contribution in [0.3, 0.4) is 0 Å². The number of hydrogen-bond acceptors (Lipinski definition) is 9. The maximum absolute atomic E-state index is 12.1. The zero-order valence-electron chi connectivity index (χ0n) is 13.8. The molecular weight excluding hydrogens is 362 g/mol. The van der Waals surface area contributed by atoms with Gasteiger partial charge in [0.1, 0.15) is 12.8 Å². The van der Waals surface area contributed by atoms with E-state index in [1.807, 2.05) is 10.3 Å². The number of thiazole rings is 1. The number of amidine groups is 1. The van der Waals surface area contributed by atoms with Gasteiger partial charge in [-0.15, -0.1) is 15.6 Å². The van der Waals surface area contributed by atoms with Gasteiger partial charge in [0.05, 0.1) is 31.3 Å². The summed E-state index contributed by atoms with van der Waals surface area (Å²) in [4.78, 5) is 22.9. The summed E-state index contributed by atoms with van der Waals surface area (Å²) in [6, 6.07) is 1.91. The van der Waals surface area contributed by atoms with Crippen LogP contribution in [-0.4, -0.2) is 69.6 Å². The summed E-state index contributed by atoms with van der Waals surface area (Å²) >= 11 is 0.186. The summed E-state index contributed by atoms with van der Waals surface area (Å²) in [6.07, 6.45) is 3.77. The molecule has 8 nitrogen and oxygen atoms in total. The van der Waals surface area contributed by atoms with Crippen molar-refractivity contribution in [3.05, 3.63) is 27.9 Å². The molecule has 2 aliphatic rings. The monoisotopic (exact) mass is 379 g/mol. The van der Waals surface area contributed by atoms with Crippen LogP contribution in [0.5, 0.6) is 0 Å². The van der Waals surface area contributed by atoms with Gasteiger partial charge in [0.2, 0.25) is 0 Å². The Hall–Kier alpha value is -1.93. The van der Waals surface area contributed by atoms with Crippen LogP contribution in [0, 0.1) is 11.3 Å². The number of ether oxygens (including phenoxy) is 1. The van der Waals surface area contributed by atoms with Crippen molar-refractivity contribution in [1.82, 2.24) is 14.2 Å². The van der Waals surface area contributed by atoms with E-state index in [4.69, 9.17) is 10.00 Å². The number of nitriles is 1. The van der Waals surface area contributed by atoms with E-state index in [9.17, 15) is 9.35 Å². The Morgan fingerprint density at radius 3 is 3.08 bits per heavy atom. The average molecular weight is 379 g/mol. The Balaban J connectivity index is 1.96. The number of esters is 1. The Morgan fingerprint density at radius 2 is 2.48 bits per heavy atom. The molecule has 1 aromatic heterocycles. The SMILES string of the molecule is COC(=O)C1=C2CC(N(CC#N)[S+](C)[O-])CN2C(c2nccs2)=NC1. The van der Waals surface area contributed by atoms with Crippen LogP contribution in [0.25, 0.3) is 0 Å². The molecule has 0 radical (unpaired) electrons. The number of rotatable bonds is 5. The summed E-state index contributed by atoms with van der Waals surface area (Å²) in [7, 11) is 1.34. The smallest absolute Gasteiger partial charge is 0.337 e. The van der Waals surface area contributed by atoms with Gasteiger partial charge >= 0.3 is 5.97 Å². The van der Waals surface area contributed by atoms with Crippen LogP contribution < -0.4 is 0 Å². The van der Waals surface area contributed by atoms with Gasteiger partial charge in [-0.2, -0.15) is 5.26 Å². The number of carbonyl (C=O) groups excluding carboxylic acids is 1. The average Bonchev–Trinajstić information content (AvgIpc) is 3.27. The van der Waals surface area contributed by atoms with Gasteiger partial charge < -0.3 is 14.2 Å². The quantitative estimate of drug-likeness (QED) is 0.417. The van der Waals surface area contributed by atoms with Crippen LogP contribution in [0.2, 0.25) is 0 Å². The predicted octanol–water partition coefficient (Wildman–Crippen LogP) is 0.524. The first-order valence-electron chi connectivity index (χ1n) is 7.56. The van der Waals surface area contributed by atoms with Gasteiger partial charge in [0.15, 0.2) is 10.8 Å². The van der Waals surface area contributed by atoms with Crippen LogP contribution in [0.4, 0.5) is 0 Å². The van der Waals surface area contributed by atoms with Gasteiger partial charge in [-0.3, -0.25) is 4.99 Å². The van der Waals surface area contributed by atoms with E-state index in [1.165, 1.54) is 18.4 Å². The zero-order chi connectivity index (χ0) is 18.0. The van der Waals surface area contributed by atoms with Crippen molar-refractivity contribution in [2.75, 3.05) is 33.0 Å². The largest absolute Gasteiger partial charge is 0.598 e. The van der Waals surface area contributed by atoms with E-state index in [-0.39, 0.29) is 19.1 Å². The predicted molar refractivity (Wildman–Crippen MR) is 94.1 cm³/mol. The summed E-state index contributed by atoms with van der Waals surface area (Å²) in [5.41, 5.74) is 1.31. The van der Waals surface area contributed by atoms with Gasteiger partial charge in [-0.25, -0.2) is 9.78 Å². The molecule has 25 heavy (non-hydrogen) atoms. The first-order valence-corrected chi connectivity index (χ1v) is 9.95. The normalized spacial score (nSPS) is 21.0. The highest BCUT2D eigenvalue weighted by atomic mass is 32.2. The standard InChI is InChI=1S/C15H17N5O3S2/c1-23-15(21)11-8-18-13(14-17-4-6-24-14)19-9-10(7-12(11)19)20(5-3-16)25(2)22/h4,6,10H,5,7-9H2,1-2H3. The maximum atomic E-state index is 12.1. The highest BCUT2D eigenvalue weighted by Crippen LogP contribution is 2.34. The zero-order valence-corrected chi connectivity index (χ0v) is 15.5. The van der Waals surface area contributed by atoms with E-state index in [0.29, 0.717) is 24.4 Å². The molecule has 3 heterocycles. The van der Waals surface area contributed by atoms with Gasteiger partial charge in [0.25, 0.3) is 0 Å². The molecule has 0 aromatic carbocycles. The minimum atomic E-state index is -1.29. The van der Waals surface area contributed by atoms with Crippen molar-refractivity contribution in [3.63, 3.8) is 0 Å². The number of aliphatic imine (C=N–C) groups is 1. The molecule has 0 spiro atoms. The summed E-state index contributed by atoms with van der Waals surface area (Å²) in [6.45, 7) is 0.787. The lowest BCUT2D eigenvalue weighted by atomic mass is 10.1. The third-order valence-corrected chi connectivity index (χ3v) is 6.02. The fourth-order valence-electron chi connectivity index (χ4n) is 3.06. The number of carbonyl (C=O) groups is 1. The van der Waals surface area contributed by atoms with Crippen molar-refractivity contribution >= 4 is 34.5 Å². The van der Waals surface area contributed by atoms with Gasteiger partial charge in [-0.1, -0.05) is 0 Å². The second-order valence-electron chi connectivity index (χ2n) is 5.52. The molecule has 0 saturated carbocycles. The van der Waals surface area contributed by atoms with E-state index in [1.54, 1.807) is 16.8 Å². The molecule has 132 valence electrons. The number of methoxy groups -OCH3 is 1. The molecular formula is C15H17N5O3S2. The first-order chi connectivity index (χ1) is 12.1. The minimum absolute atomic E-state index is 0.0617. The second-order valence-corrected chi connectivity index (χ2v) is 7.73. The van der Waals surface area contributed by atoms with E-state index in [2.05, 4.69) is 16.0 Å². The van der Waals surface area contributed by atoms with Gasteiger partial charge in [-0.05, 0) is 0 Å². The maximum Gasteiger partial charge on any atom is 0.337 e. The number of hydrogen-bond donors (Lipinski definition) is 0. The van der Waals surface area contributed by atoms with Crippen LogP contribution in [-0.2, 0) is 20.9 Å². The first kappa shape index (κ1) is 17.9. The second kappa shape index (κ2) is 7.53. The van der Waals surface area contributed by atoms with Crippen molar-refractivity contribution in [3.8, 4) is 6.07 Å². The van der Waals surface area contributed by atoms with Crippen LogP contribution in [0.15, 0.2) is 27.8 Å². The molecule has 0 amide bonds. The Kier molecular flexibility index (Phi) is 5.39. The van der Waals surface area contributed by atoms with Crippen molar-refractivity contribution in [1.29, 1.82) is 5.26 Å². The molecule has 1 saturated heterocycles. The highest BCUT2D eigenvalue weighted by molar-refractivity contribution is 7.88. The van der Waals surface area contributed by atoms with E-state index < -0.39 is 17.3 Å². The fraction of sp³-hybridized carbons (Fsp3) is 0.467.